The van der Waals surface area contributed by atoms with Crippen LogP contribution < -0.4 is 20.5 Å². The number of fused-ring (bicyclic) bond motifs is 1. The number of benzene rings is 2. The number of anilines is 1. The van der Waals surface area contributed by atoms with Gasteiger partial charge in [-0.25, -0.2) is 4.99 Å². The summed E-state index contributed by atoms with van der Waals surface area (Å²) in [7, 11) is 0. The molecular weight excluding hydrogens is 450 g/mol. The molecule has 0 fully saturated rings. The Hall–Kier alpha value is -2.17. The molecule has 0 spiro atoms. The van der Waals surface area contributed by atoms with Gasteiger partial charge in [0.2, 0.25) is 0 Å². The van der Waals surface area contributed by atoms with E-state index >= 15 is 0 Å². The van der Waals surface area contributed by atoms with Crippen LogP contribution >= 0.6 is 24.0 Å². The number of nitrogens with zero attached hydrogens (tertiary/aromatic N) is 1. The fourth-order valence-electron chi connectivity index (χ4n) is 2.37. The van der Waals surface area contributed by atoms with Crippen molar-refractivity contribution >= 4 is 35.6 Å². The molecule has 1 unspecified atom stereocenters. The van der Waals surface area contributed by atoms with Crippen LogP contribution in [0.5, 0.6) is 11.5 Å². The van der Waals surface area contributed by atoms with Crippen LogP contribution in [0.1, 0.15) is 11.6 Å². The first kappa shape index (κ1) is 19.2. The Morgan fingerprint density at radius 2 is 1.84 bits per heavy atom. The molecule has 0 bridgehead atoms. The lowest BCUT2D eigenvalue weighted by Gasteiger charge is -2.14. The summed E-state index contributed by atoms with van der Waals surface area (Å²) in [5.41, 5.74) is 6.77. The maximum atomic E-state index is 12.4. The summed E-state index contributed by atoms with van der Waals surface area (Å²) in [5, 5.41) is 2.64. The van der Waals surface area contributed by atoms with Crippen LogP contribution in [-0.4, -0.2) is 18.9 Å². The van der Waals surface area contributed by atoms with E-state index in [0.29, 0.717) is 6.61 Å². The van der Waals surface area contributed by atoms with Gasteiger partial charge in [-0.05, 0) is 18.2 Å². The monoisotopic (exact) mass is 465 g/mol. The van der Waals surface area contributed by atoms with E-state index in [-0.39, 0.29) is 47.4 Å². The minimum Gasteiger partial charge on any atom is -0.491 e. The summed E-state index contributed by atoms with van der Waals surface area (Å²) in [6.07, 6.45) is -4.79. The summed E-state index contributed by atoms with van der Waals surface area (Å²) in [5.74, 6) is 0.310. The number of hydrogen-bond acceptors (Lipinski definition) is 3. The first-order valence-electron chi connectivity index (χ1n) is 7.09. The minimum atomic E-state index is -4.79. The molecule has 1 atom stereocenters. The smallest absolute Gasteiger partial charge is 0.491 e. The van der Waals surface area contributed by atoms with Gasteiger partial charge in [-0.3, -0.25) is 0 Å². The van der Waals surface area contributed by atoms with Crippen LogP contribution in [0.4, 0.5) is 18.9 Å². The van der Waals surface area contributed by atoms with Crippen molar-refractivity contribution in [2.45, 2.75) is 12.4 Å². The average Bonchev–Trinajstić information content (AvgIpc) is 2.91. The third-order valence-electron chi connectivity index (χ3n) is 3.35. The molecule has 134 valence electrons. The number of nitrogens with two attached hydrogens (primary N) is 1. The molecular formula is C16H15F3IN3O2. The third-order valence-corrected chi connectivity index (χ3v) is 3.35. The molecule has 2 aromatic rings. The van der Waals surface area contributed by atoms with Gasteiger partial charge in [-0.2, -0.15) is 0 Å². The SMILES string of the molecule is I.NC(=NC1COc2ccccc21)Nc1ccccc1OC(F)(F)F. The molecule has 0 saturated heterocycles. The molecule has 3 N–H and O–H groups in total. The Balaban J connectivity index is 0.00000225. The number of para-hydroxylation sites is 3. The standard InChI is InChI=1S/C16H14F3N3O2.HI/c17-16(18,19)24-14-8-4-2-6-11(14)21-15(20)22-12-9-23-13-7-3-1-5-10(12)13;/h1-8,12H,9H2,(H3,20,21,22);1H. The zero-order valence-electron chi connectivity index (χ0n) is 12.8. The molecule has 3 rings (SSSR count). The number of rotatable bonds is 3. The Morgan fingerprint density at radius 1 is 1.16 bits per heavy atom. The Morgan fingerprint density at radius 3 is 2.60 bits per heavy atom. The third kappa shape index (κ3) is 4.91. The lowest BCUT2D eigenvalue weighted by atomic mass is 10.1. The van der Waals surface area contributed by atoms with E-state index in [4.69, 9.17) is 10.5 Å². The van der Waals surface area contributed by atoms with E-state index in [1.165, 1.54) is 18.2 Å². The molecule has 0 radical (unpaired) electrons. The number of ether oxygens (including phenoxy) is 2. The number of guanidine groups is 1. The normalized spacial score (nSPS) is 16.4. The van der Waals surface area contributed by atoms with Crippen molar-refractivity contribution in [3.63, 3.8) is 0 Å². The first-order valence-corrected chi connectivity index (χ1v) is 7.09. The average molecular weight is 465 g/mol. The van der Waals surface area contributed by atoms with Crippen LogP contribution in [0.15, 0.2) is 53.5 Å². The highest BCUT2D eigenvalue weighted by atomic mass is 127. The molecule has 2 aromatic carbocycles. The van der Waals surface area contributed by atoms with Crippen molar-refractivity contribution in [2.24, 2.45) is 10.7 Å². The van der Waals surface area contributed by atoms with Gasteiger partial charge >= 0.3 is 6.36 Å². The minimum absolute atomic E-state index is 0. The fraction of sp³-hybridized carbons (Fsp3) is 0.188. The highest BCUT2D eigenvalue weighted by Crippen LogP contribution is 2.34. The highest BCUT2D eigenvalue weighted by Gasteiger charge is 2.32. The van der Waals surface area contributed by atoms with E-state index in [1.807, 2.05) is 24.3 Å². The second kappa shape index (κ2) is 7.81. The lowest BCUT2D eigenvalue weighted by Crippen LogP contribution is -2.25. The highest BCUT2D eigenvalue weighted by molar-refractivity contribution is 14.0. The van der Waals surface area contributed by atoms with Crippen molar-refractivity contribution in [3.05, 3.63) is 54.1 Å². The zero-order valence-corrected chi connectivity index (χ0v) is 15.1. The number of aliphatic imine (C=N–C) groups is 1. The number of nitrogens with one attached hydrogen (secondary N) is 1. The molecule has 1 aliphatic heterocycles. The van der Waals surface area contributed by atoms with Crippen LogP contribution in [0, 0.1) is 0 Å². The van der Waals surface area contributed by atoms with Gasteiger partial charge in [0.1, 0.15) is 18.4 Å². The number of halogens is 4. The summed E-state index contributed by atoms with van der Waals surface area (Å²) in [6, 6.07) is 12.7. The molecule has 1 heterocycles. The Kier molecular flexibility index (Phi) is 5.98. The van der Waals surface area contributed by atoms with Crippen molar-refractivity contribution in [1.29, 1.82) is 0 Å². The number of hydrogen-bond donors (Lipinski definition) is 2. The molecule has 25 heavy (non-hydrogen) atoms. The van der Waals surface area contributed by atoms with Gasteiger partial charge < -0.3 is 20.5 Å². The second-order valence-electron chi connectivity index (χ2n) is 5.05. The summed E-state index contributed by atoms with van der Waals surface area (Å²) >= 11 is 0. The molecule has 0 aliphatic carbocycles. The first-order chi connectivity index (χ1) is 11.4. The zero-order chi connectivity index (χ0) is 17.2. The molecule has 0 amide bonds. The van der Waals surface area contributed by atoms with E-state index < -0.39 is 6.36 Å². The molecule has 9 heteroatoms. The topological polar surface area (TPSA) is 68.9 Å². The molecule has 5 nitrogen and oxygen atoms in total. The maximum absolute atomic E-state index is 12.4. The van der Waals surface area contributed by atoms with Gasteiger partial charge in [0.15, 0.2) is 11.7 Å². The van der Waals surface area contributed by atoms with Crippen molar-refractivity contribution in [1.82, 2.24) is 0 Å². The van der Waals surface area contributed by atoms with E-state index in [0.717, 1.165) is 11.3 Å². The largest absolute Gasteiger partial charge is 0.573 e. The molecule has 0 aromatic heterocycles. The summed E-state index contributed by atoms with van der Waals surface area (Å²) in [4.78, 5) is 4.27. The fourth-order valence-corrected chi connectivity index (χ4v) is 2.37. The van der Waals surface area contributed by atoms with E-state index in [2.05, 4.69) is 15.0 Å². The van der Waals surface area contributed by atoms with Gasteiger partial charge in [0, 0.05) is 5.56 Å². The van der Waals surface area contributed by atoms with Crippen LogP contribution in [-0.2, 0) is 0 Å². The van der Waals surface area contributed by atoms with Crippen LogP contribution in [0.25, 0.3) is 0 Å². The van der Waals surface area contributed by atoms with Gasteiger partial charge in [0.25, 0.3) is 0 Å². The van der Waals surface area contributed by atoms with Crippen LogP contribution in [0.3, 0.4) is 0 Å². The predicted molar refractivity (Wildman–Crippen MR) is 98.5 cm³/mol. The Bertz CT molecular complexity index is 768. The predicted octanol–water partition coefficient (Wildman–Crippen LogP) is 4.06. The van der Waals surface area contributed by atoms with E-state index in [1.54, 1.807) is 6.07 Å². The molecule has 1 aliphatic rings. The van der Waals surface area contributed by atoms with Gasteiger partial charge in [0.05, 0.1) is 5.69 Å². The van der Waals surface area contributed by atoms with Crippen LogP contribution in [0.2, 0.25) is 0 Å². The van der Waals surface area contributed by atoms with Crippen molar-refractivity contribution in [2.75, 3.05) is 11.9 Å². The molecule has 0 saturated carbocycles. The van der Waals surface area contributed by atoms with Crippen molar-refractivity contribution < 1.29 is 22.6 Å². The maximum Gasteiger partial charge on any atom is 0.573 e. The van der Waals surface area contributed by atoms with Crippen molar-refractivity contribution in [3.8, 4) is 11.5 Å². The number of alkyl halides is 3. The van der Waals surface area contributed by atoms with Gasteiger partial charge in [-0.1, -0.05) is 30.3 Å². The van der Waals surface area contributed by atoms with E-state index in [9.17, 15) is 13.2 Å². The summed E-state index contributed by atoms with van der Waals surface area (Å²) in [6.45, 7) is 0.322. The second-order valence-corrected chi connectivity index (χ2v) is 5.05. The Labute approximate surface area is 159 Å². The lowest BCUT2D eigenvalue weighted by molar-refractivity contribution is -0.274. The summed E-state index contributed by atoms with van der Waals surface area (Å²) < 4.78 is 46.7. The van der Waals surface area contributed by atoms with Gasteiger partial charge in [-0.15, -0.1) is 37.1 Å². The quantitative estimate of drug-likeness (QED) is 0.408.